The van der Waals surface area contributed by atoms with Crippen molar-refractivity contribution in [1.82, 2.24) is 4.83 Å². The van der Waals surface area contributed by atoms with Gasteiger partial charge >= 0.3 is 0 Å². The fraction of sp³-hybridized carbons (Fsp3) is 0.684. The number of sulfonamides is 1. The Kier molecular flexibility index (Phi) is 12.0. The number of rotatable bonds is 15. The lowest BCUT2D eigenvalue weighted by Gasteiger charge is -2.24. The van der Waals surface area contributed by atoms with E-state index in [0.29, 0.717) is 31.1 Å². The van der Waals surface area contributed by atoms with E-state index in [1.54, 1.807) is 24.3 Å². The second-order valence-corrected chi connectivity index (χ2v) is 9.14. The normalized spacial score (nSPS) is 12.9. The van der Waals surface area contributed by atoms with Crippen molar-refractivity contribution in [2.45, 2.75) is 59.0 Å². The van der Waals surface area contributed by atoms with Crippen LogP contribution in [-0.2, 0) is 14.8 Å². The van der Waals surface area contributed by atoms with Gasteiger partial charge in [-0.1, -0.05) is 57.2 Å². The standard InChI is InChI=1S/C19H34N2O4S2/c1-4-7-8-9-19(22)17-10-12-18(13-11-17)21(27(23,24)16-5-2)20-26-15-14-25-6-3/h10-13,19-20,22H,4-9,14-16H2,1-3H3. The monoisotopic (exact) mass is 418 g/mol. The summed E-state index contributed by atoms with van der Waals surface area (Å²) in [4.78, 5) is 2.93. The number of aliphatic hydroxyl groups is 1. The minimum Gasteiger partial charge on any atom is -0.388 e. The molecule has 156 valence electrons. The van der Waals surface area contributed by atoms with Crippen molar-refractivity contribution in [2.75, 3.05) is 29.1 Å². The van der Waals surface area contributed by atoms with Gasteiger partial charge in [-0.3, -0.25) is 0 Å². The highest BCUT2D eigenvalue weighted by molar-refractivity contribution is 7.99. The average molecular weight is 419 g/mol. The first kappa shape index (κ1) is 24.2. The Labute approximate surface area is 168 Å². The SMILES string of the molecule is CCCCCC(O)c1ccc(N(NSCCOCC)S(=O)(=O)CCC)cc1. The molecule has 0 spiro atoms. The Hall–Kier alpha value is -0.800. The molecule has 1 unspecified atom stereocenters. The van der Waals surface area contributed by atoms with Gasteiger partial charge in [-0.15, -0.1) is 0 Å². The maximum absolute atomic E-state index is 12.6. The molecule has 27 heavy (non-hydrogen) atoms. The molecular formula is C19H34N2O4S2. The number of nitrogens with zero attached hydrogens (tertiary/aromatic N) is 1. The van der Waals surface area contributed by atoms with E-state index < -0.39 is 16.1 Å². The minimum atomic E-state index is -3.47. The van der Waals surface area contributed by atoms with Crippen LogP contribution in [0.15, 0.2) is 24.3 Å². The van der Waals surface area contributed by atoms with Crippen LogP contribution in [0.2, 0.25) is 0 Å². The van der Waals surface area contributed by atoms with Crippen LogP contribution in [-0.4, -0.2) is 38.2 Å². The molecule has 0 radical (unpaired) electrons. The van der Waals surface area contributed by atoms with Gasteiger partial charge in [0.2, 0.25) is 10.0 Å². The van der Waals surface area contributed by atoms with Gasteiger partial charge in [0.15, 0.2) is 0 Å². The highest BCUT2D eigenvalue weighted by atomic mass is 32.2. The number of ether oxygens (including phenoxy) is 1. The van der Waals surface area contributed by atoms with Crippen LogP contribution in [0.1, 0.15) is 64.5 Å². The van der Waals surface area contributed by atoms with Gasteiger partial charge in [0.05, 0.1) is 24.2 Å². The molecule has 0 heterocycles. The number of unbranched alkanes of at least 4 members (excludes halogenated alkanes) is 2. The van der Waals surface area contributed by atoms with Crippen LogP contribution in [0.3, 0.4) is 0 Å². The first-order valence-corrected chi connectivity index (χ1v) is 12.3. The van der Waals surface area contributed by atoms with Gasteiger partial charge in [-0.2, -0.15) is 9.25 Å². The van der Waals surface area contributed by atoms with Crippen molar-refractivity contribution < 1.29 is 18.3 Å². The van der Waals surface area contributed by atoms with Gasteiger partial charge in [-0.05, 0) is 37.5 Å². The Morgan fingerprint density at radius 2 is 1.85 bits per heavy atom. The Morgan fingerprint density at radius 1 is 1.15 bits per heavy atom. The average Bonchev–Trinajstić information content (AvgIpc) is 2.64. The molecule has 1 aromatic rings. The van der Waals surface area contributed by atoms with Crippen molar-refractivity contribution in [2.24, 2.45) is 0 Å². The summed E-state index contributed by atoms with van der Waals surface area (Å²) in [6.07, 6.45) is 3.94. The second-order valence-electron chi connectivity index (χ2n) is 6.32. The van der Waals surface area contributed by atoms with E-state index >= 15 is 0 Å². The summed E-state index contributed by atoms with van der Waals surface area (Å²) in [5.74, 6) is 0.702. The highest BCUT2D eigenvalue weighted by Gasteiger charge is 2.22. The third-order valence-corrected chi connectivity index (χ3v) is 6.60. The van der Waals surface area contributed by atoms with Crippen LogP contribution < -0.4 is 9.25 Å². The van der Waals surface area contributed by atoms with Gasteiger partial charge in [0.25, 0.3) is 0 Å². The molecule has 0 aliphatic rings. The molecule has 0 saturated carbocycles. The lowest BCUT2D eigenvalue weighted by atomic mass is 10.0. The molecule has 1 rings (SSSR count). The molecule has 1 aromatic carbocycles. The highest BCUT2D eigenvalue weighted by Crippen LogP contribution is 2.24. The fourth-order valence-electron chi connectivity index (χ4n) is 2.55. The molecular weight excluding hydrogens is 384 g/mol. The summed E-state index contributed by atoms with van der Waals surface area (Å²) in [6, 6.07) is 7.07. The minimum absolute atomic E-state index is 0.0629. The van der Waals surface area contributed by atoms with Gasteiger partial charge < -0.3 is 9.84 Å². The van der Waals surface area contributed by atoms with Gasteiger partial charge in [-0.25, -0.2) is 8.42 Å². The number of anilines is 1. The van der Waals surface area contributed by atoms with Crippen molar-refractivity contribution in [3.8, 4) is 0 Å². The molecule has 0 fully saturated rings. The molecule has 0 bridgehead atoms. The summed E-state index contributed by atoms with van der Waals surface area (Å²) in [7, 11) is -3.47. The Balaban J connectivity index is 2.82. The van der Waals surface area contributed by atoms with Crippen LogP contribution >= 0.6 is 11.9 Å². The zero-order chi connectivity index (χ0) is 20.1. The van der Waals surface area contributed by atoms with Crippen LogP contribution in [0, 0.1) is 0 Å². The van der Waals surface area contributed by atoms with E-state index in [0.717, 1.165) is 31.2 Å². The van der Waals surface area contributed by atoms with Crippen molar-refractivity contribution in [1.29, 1.82) is 0 Å². The third kappa shape index (κ3) is 8.83. The van der Waals surface area contributed by atoms with E-state index in [1.807, 2.05) is 13.8 Å². The first-order valence-electron chi connectivity index (χ1n) is 9.72. The molecule has 0 amide bonds. The smallest absolute Gasteiger partial charge is 0.249 e. The summed E-state index contributed by atoms with van der Waals surface area (Å²) in [6.45, 7) is 7.09. The van der Waals surface area contributed by atoms with E-state index in [4.69, 9.17) is 4.74 Å². The molecule has 8 heteroatoms. The number of hydrogen-bond acceptors (Lipinski definition) is 6. The number of aliphatic hydroxyl groups excluding tert-OH is 1. The predicted octanol–water partition coefficient (Wildman–Crippen LogP) is 4.04. The molecule has 6 nitrogen and oxygen atoms in total. The van der Waals surface area contributed by atoms with Crippen LogP contribution in [0.4, 0.5) is 5.69 Å². The molecule has 2 N–H and O–H groups in total. The summed E-state index contributed by atoms with van der Waals surface area (Å²) >= 11 is 1.30. The second kappa shape index (κ2) is 13.4. The molecule has 1 atom stereocenters. The molecule has 0 aromatic heterocycles. The van der Waals surface area contributed by atoms with Crippen molar-refractivity contribution in [3.05, 3.63) is 29.8 Å². The molecule has 0 aliphatic heterocycles. The number of hydrogen-bond donors (Lipinski definition) is 2. The topological polar surface area (TPSA) is 78.9 Å². The Bertz CT molecular complexity index is 609. The van der Waals surface area contributed by atoms with Crippen molar-refractivity contribution >= 4 is 27.7 Å². The number of benzene rings is 1. The number of nitrogens with one attached hydrogen (secondary N) is 1. The van der Waals surface area contributed by atoms with Gasteiger partial charge in [0, 0.05) is 12.4 Å². The lowest BCUT2D eigenvalue weighted by molar-refractivity contribution is 0.163. The lowest BCUT2D eigenvalue weighted by Crippen LogP contribution is -2.41. The molecule has 0 saturated heterocycles. The first-order chi connectivity index (χ1) is 13.0. The quantitative estimate of drug-likeness (QED) is 0.254. The summed E-state index contributed by atoms with van der Waals surface area (Å²) in [5, 5.41) is 10.3. The van der Waals surface area contributed by atoms with E-state index in [1.165, 1.54) is 16.4 Å². The summed E-state index contributed by atoms with van der Waals surface area (Å²) in [5.41, 5.74) is 1.35. The van der Waals surface area contributed by atoms with E-state index in [2.05, 4.69) is 11.8 Å². The Morgan fingerprint density at radius 3 is 2.44 bits per heavy atom. The fourth-order valence-corrected chi connectivity index (χ4v) is 4.82. The van der Waals surface area contributed by atoms with E-state index in [-0.39, 0.29) is 5.75 Å². The van der Waals surface area contributed by atoms with Gasteiger partial charge in [0.1, 0.15) is 0 Å². The largest absolute Gasteiger partial charge is 0.388 e. The zero-order valence-electron chi connectivity index (χ0n) is 16.7. The zero-order valence-corrected chi connectivity index (χ0v) is 18.3. The van der Waals surface area contributed by atoms with Crippen LogP contribution in [0.5, 0.6) is 0 Å². The maximum atomic E-state index is 12.6. The third-order valence-electron chi connectivity index (χ3n) is 4.02. The predicted molar refractivity (Wildman–Crippen MR) is 114 cm³/mol. The van der Waals surface area contributed by atoms with Crippen molar-refractivity contribution in [3.63, 3.8) is 0 Å². The summed E-state index contributed by atoms with van der Waals surface area (Å²) < 4.78 is 31.7. The van der Waals surface area contributed by atoms with Crippen LogP contribution in [0.25, 0.3) is 0 Å². The number of hydrazine groups is 1. The maximum Gasteiger partial charge on any atom is 0.249 e. The molecule has 0 aliphatic carbocycles. The van der Waals surface area contributed by atoms with E-state index in [9.17, 15) is 13.5 Å².